The second-order valence-electron chi connectivity index (χ2n) is 4.96. The molecule has 0 bridgehead atoms. The standard InChI is InChI=1S/C17H16N4O2S/c1-13(22)15-9-5-6-10-16(15)23-11-12-24-17-18-19-20-21(17)14-7-3-2-4-8-14/h2-10H,11-12H2,1H3. The Kier molecular flexibility index (Phi) is 5.22. The minimum atomic E-state index is -0.00808. The van der Waals surface area contributed by atoms with E-state index in [4.69, 9.17) is 4.74 Å². The van der Waals surface area contributed by atoms with Crippen LogP contribution in [0.25, 0.3) is 5.69 Å². The number of rotatable bonds is 7. The number of benzene rings is 2. The van der Waals surface area contributed by atoms with E-state index in [1.807, 2.05) is 42.5 Å². The average Bonchev–Trinajstić information content (AvgIpc) is 3.08. The highest BCUT2D eigenvalue weighted by Crippen LogP contribution is 2.21. The van der Waals surface area contributed by atoms with E-state index in [1.54, 1.807) is 16.8 Å². The first-order valence-electron chi connectivity index (χ1n) is 7.45. The molecule has 7 heteroatoms. The lowest BCUT2D eigenvalue weighted by Crippen LogP contribution is -2.06. The SMILES string of the molecule is CC(=O)c1ccccc1OCCSc1nnnn1-c1ccccc1. The van der Waals surface area contributed by atoms with Gasteiger partial charge in [0, 0.05) is 5.75 Å². The van der Waals surface area contributed by atoms with Crippen molar-refractivity contribution < 1.29 is 9.53 Å². The number of nitrogens with zero attached hydrogens (tertiary/aromatic N) is 4. The van der Waals surface area contributed by atoms with Crippen molar-refractivity contribution >= 4 is 17.5 Å². The molecule has 3 rings (SSSR count). The molecule has 3 aromatic rings. The number of hydrogen-bond donors (Lipinski definition) is 0. The molecule has 0 fully saturated rings. The first kappa shape index (κ1) is 16.2. The summed E-state index contributed by atoms with van der Waals surface area (Å²) in [5.74, 6) is 1.26. The van der Waals surface area contributed by atoms with Crippen LogP contribution in [0.1, 0.15) is 17.3 Å². The van der Waals surface area contributed by atoms with E-state index in [1.165, 1.54) is 18.7 Å². The molecule has 0 amide bonds. The third-order valence-electron chi connectivity index (χ3n) is 3.28. The molecule has 6 nitrogen and oxygen atoms in total. The fourth-order valence-corrected chi connectivity index (χ4v) is 2.88. The van der Waals surface area contributed by atoms with E-state index in [0.717, 1.165) is 5.69 Å². The van der Waals surface area contributed by atoms with Crippen LogP contribution < -0.4 is 4.74 Å². The number of para-hydroxylation sites is 2. The molecule has 0 radical (unpaired) electrons. The number of carbonyl (C=O) groups is 1. The van der Waals surface area contributed by atoms with Crippen molar-refractivity contribution in [1.82, 2.24) is 20.2 Å². The zero-order valence-electron chi connectivity index (χ0n) is 13.1. The Morgan fingerprint density at radius 1 is 1.12 bits per heavy atom. The fourth-order valence-electron chi connectivity index (χ4n) is 2.17. The lowest BCUT2D eigenvalue weighted by atomic mass is 10.1. The van der Waals surface area contributed by atoms with Gasteiger partial charge in [0.25, 0.3) is 0 Å². The molecule has 0 N–H and O–H groups in total. The summed E-state index contributed by atoms with van der Waals surface area (Å²) in [6, 6.07) is 17.0. The van der Waals surface area contributed by atoms with Crippen LogP contribution in [0.15, 0.2) is 59.8 Å². The first-order valence-corrected chi connectivity index (χ1v) is 8.43. The van der Waals surface area contributed by atoms with Gasteiger partial charge in [0.15, 0.2) is 5.78 Å². The van der Waals surface area contributed by atoms with E-state index in [2.05, 4.69) is 15.5 Å². The van der Waals surface area contributed by atoms with Gasteiger partial charge >= 0.3 is 0 Å². The van der Waals surface area contributed by atoms with Gasteiger partial charge in [-0.15, -0.1) is 5.10 Å². The lowest BCUT2D eigenvalue weighted by molar-refractivity contribution is 0.101. The zero-order chi connectivity index (χ0) is 16.8. The van der Waals surface area contributed by atoms with Gasteiger partial charge in [-0.2, -0.15) is 4.68 Å². The summed E-state index contributed by atoms with van der Waals surface area (Å²) in [5.41, 5.74) is 1.50. The van der Waals surface area contributed by atoms with Crippen molar-refractivity contribution in [2.24, 2.45) is 0 Å². The highest BCUT2D eigenvalue weighted by Gasteiger charge is 2.10. The molecular weight excluding hydrogens is 324 g/mol. The topological polar surface area (TPSA) is 69.9 Å². The second kappa shape index (κ2) is 7.74. The summed E-state index contributed by atoms with van der Waals surface area (Å²) < 4.78 is 7.41. The van der Waals surface area contributed by atoms with Gasteiger partial charge < -0.3 is 4.74 Å². The monoisotopic (exact) mass is 340 g/mol. The largest absolute Gasteiger partial charge is 0.492 e. The quantitative estimate of drug-likeness (QED) is 0.374. The zero-order valence-corrected chi connectivity index (χ0v) is 13.9. The molecule has 0 unspecified atom stereocenters. The van der Waals surface area contributed by atoms with Crippen molar-refractivity contribution in [3.63, 3.8) is 0 Å². The van der Waals surface area contributed by atoms with Crippen molar-refractivity contribution in [2.45, 2.75) is 12.1 Å². The Morgan fingerprint density at radius 2 is 1.88 bits per heavy atom. The molecule has 122 valence electrons. The van der Waals surface area contributed by atoms with E-state index in [-0.39, 0.29) is 5.78 Å². The molecule has 0 aliphatic rings. The maximum absolute atomic E-state index is 11.6. The molecule has 0 aliphatic heterocycles. The van der Waals surface area contributed by atoms with Crippen LogP contribution in [-0.2, 0) is 0 Å². The van der Waals surface area contributed by atoms with E-state index in [9.17, 15) is 4.79 Å². The summed E-state index contributed by atoms with van der Waals surface area (Å²) in [6.07, 6.45) is 0. The highest BCUT2D eigenvalue weighted by molar-refractivity contribution is 7.99. The fraction of sp³-hybridized carbons (Fsp3) is 0.176. The first-order chi connectivity index (χ1) is 11.8. The van der Waals surface area contributed by atoms with Crippen LogP contribution in [0.5, 0.6) is 5.75 Å². The molecular formula is C17H16N4O2S. The average molecular weight is 340 g/mol. The minimum Gasteiger partial charge on any atom is -0.492 e. The Morgan fingerprint density at radius 3 is 2.67 bits per heavy atom. The third-order valence-corrected chi connectivity index (χ3v) is 4.16. The predicted molar refractivity (Wildman–Crippen MR) is 91.8 cm³/mol. The van der Waals surface area contributed by atoms with Gasteiger partial charge in [-0.3, -0.25) is 4.79 Å². The third kappa shape index (κ3) is 3.80. The molecule has 24 heavy (non-hydrogen) atoms. The molecule has 0 saturated heterocycles. The molecule has 2 aromatic carbocycles. The number of aromatic nitrogens is 4. The van der Waals surface area contributed by atoms with E-state index >= 15 is 0 Å². The normalized spacial score (nSPS) is 10.5. The summed E-state index contributed by atoms with van der Waals surface area (Å²) in [4.78, 5) is 11.6. The van der Waals surface area contributed by atoms with Crippen LogP contribution in [-0.4, -0.2) is 38.4 Å². The summed E-state index contributed by atoms with van der Waals surface area (Å²) >= 11 is 1.50. The summed E-state index contributed by atoms with van der Waals surface area (Å²) in [7, 11) is 0. The van der Waals surface area contributed by atoms with Crippen LogP contribution in [0.4, 0.5) is 0 Å². The number of tetrazole rings is 1. The van der Waals surface area contributed by atoms with Crippen molar-refractivity contribution in [3.05, 3.63) is 60.2 Å². The van der Waals surface area contributed by atoms with Gasteiger partial charge in [0.2, 0.25) is 5.16 Å². The molecule has 1 heterocycles. The number of carbonyl (C=O) groups excluding carboxylic acids is 1. The molecule has 0 spiro atoms. The van der Waals surface area contributed by atoms with Gasteiger partial charge in [-0.25, -0.2) is 0 Å². The molecule has 1 aromatic heterocycles. The van der Waals surface area contributed by atoms with Gasteiger partial charge in [0.05, 0.1) is 17.9 Å². The van der Waals surface area contributed by atoms with Gasteiger partial charge in [0.1, 0.15) is 5.75 Å². The second-order valence-corrected chi connectivity index (χ2v) is 6.02. The van der Waals surface area contributed by atoms with E-state index < -0.39 is 0 Å². The van der Waals surface area contributed by atoms with Crippen LogP contribution in [0.2, 0.25) is 0 Å². The number of ether oxygens (including phenoxy) is 1. The Hall–Kier alpha value is -2.67. The number of thioether (sulfide) groups is 1. The van der Waals surface area contributed by atoms with Crippen molar-refractivity contribution in [2.75, 3.05) is 12.4 Å². The smallest absolute Gasteiger partial charge is 0.214 e. The highest BCUT2D eigenvalue weighted by atomic mass is 32.2. The Balaban J connectivity index is 1.59. The van der Waals surface area contributed by atoms with Gasteiger partial charge in [-0.05, 0) is 41.6 Å². The van der Waals surface area contributed by atoms with Crippen molar-refractivity contribution in [3.8, 4) is 11.4 Å². The maximum Gasteiger partial charge on any atom is 0.214 e. The maximum atomic E-state index is 11.6. The lowest BCUT2D eigenvalue weighted by Gasteiger charge is -2.09. The van der Waals surface area contributed by atoms with Crippen LogP contribution in [0.3, 0.4) is 0 Å². The van der Waals surface area contributed by atoms with Gasteiger partial charge in [-0.1, -0.05) is 42.1 Å². The number of hydrogen-bond acceptors (Lipinski definition) is 6. The summed E-state index contributed by atoms with van der Waals surface area (Å²) in [6.45, 7) is 1.99. The number of Topliss-reactive ketones (excluding diaryl/α,β-unsaturated/α-hetero) is 1. The summed E-state index contributed by atoms with van der Waals surface area (Å²) in [5, 5.41) is 12.5. The van der Waals surface area contributed by atoms with E-state index in [0.29, 0.717) is 28.8 Å². The predicted octanol–water partition coefficient (Wildman–Crippen LogP) is 3.04. The Bertz CT molecular complexity index is 820. The van der Waals surface area contributed by atoms with Crippen LogP contribution >= 0.6 is 11.8 Å². The van der Waals surface area contributed by atoms with Crippen LogP contribution in [0, 0.1) is 0 Å². The van der Waals surface area contributed by atoms with Crippen molar-refractivity contribution in [1.29, 1.82) is 0 Å². The molecule has 0 aliphatic carbocycles. The minimum absolute atomic E-state index is 0.00808. The Labute approximate surface area is 143 Å². The molecule has 0 saturated carbocycles. The molecule has 0 atom stereocenters. The number of ketones is 1.